The minimum Gasteiger partial charge on any atom is -0.506 e. The highest BCUT2D eigenvalue weighted by Gasteiger charge is 2.30. The number of hydrogen-bond donors (Lipinski definition) is 2. The van der Waals surface area contributed by atoms with Crippen molar-refractivity contribution in [2.45, 2.75) is 12.3 Å². The van der Waals surface area contributed by atoms with Crippen molar-refractivity contribution < 1.29 is 33.0 Å². The number of benzene rings is 1. The van der Waals surface area contributed by atoms with E-state index < -0.39 is 35.0 Å². The zero-order chi connectivity index (χ0) is 21.8. The summed E-state index contributed by atoms with van der Waals surface area (Å²) in [6.07, 6.45) is 0.636. The molecule has 0 amide bonds. The van der Waals surface area contributed by atoms with Crippen LogP contribution in [0.1, 0.15) is 34.0 Å². The minimum atomic E-state index is -1.11. The SMILES string of the molecule is COC(=O)C[C@H](c1ccc(-c2ccccc2F)o1)c1c(O)c(C(=O)OC)c[nH]c1=O. The van der Waals surface area contributed by atoms with Crippen molar-refractivity contribution in [3.05, 3.63) is 75.7 Å². The van der Waals surface area contributed by atoms with Crippen LogP contribution in [0.25, 0.3) is 11.3 Å². The lowest BCUT2D eigenvalue weighted by Crippen LogP contribution is -2.21. The van der Waals surface area contributed by atoms with Crippen LogP contribution in [-0.2, 0) is 14.3 Å². The lowest BCUT2D eigenvalue weighted by molar-refractivity contribution is -0.140. The van der Waals surface area contributed by atoms with Crippen LogP contribution in [0, 0.1) is 5.82 Å². The number of aromatic hydroxyl groups is 1. The third-order valence-corrected chi connectivity index (χ3v) is 4.56. The van der Waals surface area contributed by atoms with Gasteiger partial charge in [0.15, 0.2) is 0 Å². The maximum atomic E-state index is 14.1. The van der Waals surface area contributed by atoms with E-state index in [2.05, 4.69) is 14.5 Å². The summed E-state index contributed by atoms with van der Waals surface area (Å²) in [4.78, 5) is 38.7. The summed E-state index contributed by atoms with van der Waals surface area (Å²) in [5.41, 5.74) is -1.12. The first kappa shape index (κ1) is 20.8. The molecule has 0 fully saturated rings. The quantitative estimate of drug-likeness (QED) is 0.594. The first-order valence-corrected chi connectivity index (χ1v) is 8.81. The lowest BCUT2D eigenvalue weighted by atomic mass is 9.92. The summed E-state index contributed by atoms with van der Waals surface area (Å²) in [5.74, 6) is -3.58. The van der Waals surface area contributed by atoms with Gasteiger partial charge in [-0.3, -0.25) is 9.59 Å². The van der Waals surface area contributed by atoms with Gasteiger partial charge in [0.25, 0.3) is 5.56 Å². The van der Waals surface area contributed by atoms with Crippen molar-refractivity contribution in [2.24, 2.45) is 0 Å². The predicted octanol–water partition coefficient (Wildman–Crippen LogP) is 2.96. The van der Waals surface area contributed by atoms with Crippen LogP contribution in [0.4, 0.5) is 4.39 Å². The Labute approximate surface area is 169 Å². The van der Waals surface area contributed by atoms with E-state index in [1.165, 1.54) is 37.4 Å². The molecule has 0 unspecified atom stereocenters. The number of halogens is 1. The first-order valence-electron chi connectivity index (χ1n) is 8.81. The summed E-state index contributed by atoms with van der Waals surface area (Å²) in [6.45, 7) is 0. The van der Waals surface area contributed by atoms with Gasteiger partial charge in [0.2, 0.25) is 0 Å². The van der Waals surface area contributed by atoms with Gasteiger partial charge in [-0.05, 0) is 24.3 Å². The molecule has 3 aromatic rings. The Morgan fingerprint density at radius 3 is 2.57 bits per heavy atom. The molecule has 0 radical (unpaired) electrons. The number of aromatic nitrogens is 1. The molecule has 9 heteroatoms. The molecular weight excluding hydrogens is 397 g/mol. The molecule has 0 bridgehead atoms. The molecule has 0 aliphatic rings. The number of hydrogen-bond acceptors (Lipinski definition) is 7. The van der Waals surface area contributed by atoms with Crippen LogP contribution in [0.5, 0.6) is 5.75 Å². The van der Waals surface area contributed by atoms with Crippen molar-refractivity contribution in [3.63, 3.8) is 0 Å². The Morgan fingerprint density at radius 2 is 1.90 bits per heavy atom. The van der Waals surface area contributed by atoms with Gasteiger partial charge in [0.1, 0.15) is 28.7 Å². The molecule has 1 aromatic carbocycles. The zero-order valence-corrected chi connectivity index (χ0v) is 16.1. The number of carbonyl (C=O) groups is 2. The lowest BCUT2D eigenvalue weighted by Gasteiger charge is -2.16. The average molecular weight is 415 g/mol. The predicted molar refractivity (Wildman–Crippen MR) is 103 cm³/mol. The van der Waals surface area contributed by atoms with Gasteiger partial charge in [0, 0.05) is 6.20 Å². The Kier molecular flexibility index (Phi) is 6.01. The highest BCUT2D eigenvalue weighted by molar-refractivity contribution is 5.92. The Bertz CT molecular complexity index is 1150. The summed E-state index contributed by atoms with van der Waals surface area (Å²) in [7, 11) is 2.28. The summed E-state index contributed by atoms with van der Waals surface area (Å²) in [6, 6.07) is 8.86. The number of pyridine rings is 1. The molecule has 2 heterocycles. The monoisotopic (exact) mass is 415 g/mol. The van der Waals surface area contributed by atoms with Gasteiger partial charge >= 0.3 is 11.9 Å². The molecule has 2 N–H and O–H groups in total. The highest BCUT2D eigenvalue weighted by atomic mass is 19.1. The second-order valence-corrected chi connectivity index (χ2v) is 6.30. The highest BCUT2D eigenvalue weighted by Crippen LogP contribution is 2.36. The molecule has 0 aliphatic carbocycles. The summed E-state index contributed by atoms with van der Waals surface area (Å²) in [5, 5.41) is 10.6. The van der Waals surface area contributed by atoms with E-state index in [0.717, 1.165) is 13.3 Å². The number of H-pyrrole nitrogens is 1. The normalized spacial score (nSPS) is 11.7. The molecule has 8 nitrogen and oxygen atoms in total. The first-order chi connectivity index (χ1) is 14.4. The van der Waals surface area contributed by atoms with Crippen LogP contribution >= 0.6 is 0 Å². The number of methoxy groups -OCH3 is 2. The third kappa shape index (κ3) is 3.95. The van der Waals surface area contributed by atoms with E-state index >= 15 is 0 Å². The number of rotatable bonds is 6. The fraction of sp³-hybridized carbons (Fsp3) is 0.190. The van der Waals surface area contributed by atoms with Crippen LogP contribution in [-0.4, -0.2) is 36.2 Å². The summed E-state index contributed by atoms with van der Waals surface area (Å²) >= 11 is 0. The second kappa shape index (κ2) is 8.64. The molecule has 2 aromatic heterocycles. The van der Waals surface area contributed by atoms with Crippen molar-refractivity contribution in [1.82, 2.24) is 4.98 Å². The zero-order valence-electron chi connectivity index (χ0n) is 16.1. The van der Waals surface area contributed by atoms with E-state index in [-0.39, 0.29) is 34.6 Å². The average Bonchev–Trinajstić information content (AvgIpc) is 3.22. The molecule has 156 valence electrons. The fourth-order valence-corrected chi connectivity index (χ4v) is 3.07. The topological polar surface area (TPSA) is 119 Å². The van der Waals surface area contributed by atoms with Crippen molar-refractivity contribution in [2.75, 3.05) is 14.2 Å². The molecule has 0 aliphatic heterocycles. The van der Waals surface area contributed by atoms with Crippen molar-refractivity contribution in [3.8, 4) is 17.1 Å². The maximum Gasteiger partial charge on any atom is 0.343 e. The van der Waals surface area contributed by atoms with Gasteiger partial charge in [-0.25, -0.2) is 9.18 Å². The van der Waals surface area contributed by atoms with Crippen molar-refractivity contribution in [1.29, 1.82) is 0 Å². The van der Waals surface area contributed by atoms with E-state index in [9.17, 15) is 23.9 Å². The number of aromatic amines is 1. The molecule has 0 spiro atoms. The summed E-state index contributed by atoms with van der Waals surface area (Å²) < 4.78 is 29.1. The largest absolute Gasteiger partial charge is 0.506 e. The van der Waals surface area contributed by atoms with Gasteiger partial charge in [-0.15, -0.1) is 0 Å². The van der Waals surface area contributed by atoms with Gasteiger partial charge < -0.3 is 24.0 Å². The van der Waals surface area contributed by atoms with E-state index in [4.69, 9.17) is 4.42 Å². The third-order valence-electron chi connectivity index (χ3n) is 4.56. The van der Waals surface area contributed by atoms with Crippen LogP contribution in [0.2, 0.25) is 0 Å². The minimum absolute atomic E-state index is 0.0986. The van der Waals surface area contributed by atoms with Gasteiger partial charge in [-0.1, -0.05) is 12.1 Å². The number of furan rings is 1. The maximum absolute atomic E-state index is 14.1. The van der Waals surface area contributed by atoms with Crippen LogP contribution in [0.3, 0.4) is 0 Å². The van der Waals surface area contributed by atoms with Crippen LogP contribution < -0.4 is 5.56 Å². The number of esters is 2. The number of ether oxygens (including phenoxy) is 2. The molecule has 30 heavy (non-hydrogen) atoms. The Hall–Kier alpha value is -3.88. The molecular formula is C21H18FNO7. The number of nitrogens with one attached hydrogen (secondary N) is 1. The Balaban J connectivity index is 2.15. The Morgan fingerprint density at radius 1 is 1.17 bits per heavy atom. The molecule has 1 atom stereocenters. The fourth-order valence-electron chi connectivity index (χ4n) is 3.07. The standard InChI is InChI=1S/C21H18FNO7/c1-28-17(24)9-12(18-19(25)13(21(27)29-2)10-23-20(18)26)16-8-7-15(30-16)11-5-3-4-6-14(11)22/h3-8,10,12H,9H2,1-2H3,(H2,23,25,26)/t12-/m1/s1. The van der Waals surface area contributed by atoms with Crippen molar-refractivity contribution >= 4 is 11.9 Å². The van der Waals surface area contributed by atoms with E-state index in [1.54, 1.807) is 6.07 Å². The molecule has 0 saturated carbocycles. The van der Waals surface area contributed by atoms with Gasteiger partial charge in [-0.2, -0.15) is 0 Å². The number of carbonyl (C=O) groups excluding carboxylic acids is 2. The van der Waals surface area contributed by atoms with Crippen LogP contribution in [0.15, 0.2) is 51.8 Å². The smallest absolute Gasteiger partial charge is 0.343 e. The molecule has 3 rings (SSSR count). The second-order valence-electron chi connectivity index (χ2n) is 6.30. The van der Waals surface area contributed by atoms with Gasteiger partial charge in [0.05, 0.1) is 37.7 Å². The molecule has 0 saturated heterocycles. The van der Waals surface area contributed by atoms with E-state index in [0.29, 0.717) is 0 Å². The van der Waals surface area contributed by atoms with E-state index in [1.807, 2.05) is 0 Å².